The number of carbonyl (C=O) groups excluding carboxylic acids is 4. The van der Waals surface area contributed by atoms with Crippen molar-refractivity contribution in [2.24, 2.45) is 5.92 Å². The Labute approximate surface area is 581 Å². The molecule has 0 fully saturated rings. The maximum atomic E-state index is 13.1. The van der Waals surface area contributed by atoms with Gasteiger partial charge in [-0.15, -0.1) is 0 Å². The molecule has 0 aliphatic rings. The lowest BCUT2D eigenvalue weighted by molar-refractivity contribution is -0.161. The van der Waals surface area contributed by atoms with E-state index in [1.165, 1.54) is 218 Å². The summed E-state index contributed by atoms with van der Waals surface area (Å²) in [5.41, 5.74) is 0. The summed E-state index contributed by atoms with van der Waals surface area (Å²) in [6, 6.07) is 0. The van der Waals surface area contributed by atoms with E-state index in [4.69, 9.17) is 37.0 Å². The minimum atomic E-state index is -4.96. The molecule has 0 aromatic rings. The number of ether oxygens (including phenoxy) is 4. The zero-order valence-corrected chi connectivity index (χ0v) is 63.6. The molecule has 95 heavy (non-hydrogen) atoms. The molecule has 2 unspecified atom stereocenters. The van der Waals surface area contributed by atoms with Gasteiger partial charge in [0.15, 0.2) is 12.2 Å². The first-order chi connectivity index (χ1) is 46.0. The van der Waals surface area contributed by atoms with Crippen molar-refractivity contribution in [3.05, 3.63) is 0 Å². The first-order valence-electron chi connectivity index (χ1n) is 39.6. The van der Waals surface area contributed by atoms with Crippen LogP contribution in [0.3, 0.4) is 0 Å². The third-order valence-electron chi connectivity index (χ3n) is 17.8. The Kier molecular flexibility index (Phi) is 67.7. The maximum absolute atomic E-state index is 13.1. The summed E-state index contributed by atoms with van der Waals surface area (Å²) < 4.78 is 68.5. The Morgan fingerprint density at radius 2 is 0.484 bits per heavy atom. The molecule has 19 heteroatoms. The van der Waals surface area contributed by atoms with Gasteiger partial charge in [0.2, 0.25) is 0 Å². The lowest BCUT2D eigenvalue weighted by Gasteiger charge is -2.21. The average molecular weight is 1400 g/mol. The average Bonchev–Trinajstić information content (AvgIpc) is 2.05. The number of carbonyl (C=O) groups is 4. The van der Waals surface area contributed by atoms with E-state index >= 15 is 0 Å². The van der Waals surface area contributed by atoms with Crippen LogP contribution in [0.2, 0.25) is 0 Å². The van der Waals surface area contributed by atoms with E-state index in [1.807, 2.05) is 0 Å². The molecule has 0 rings (SSSR count). The van der Waals surface area contributed by atoms with Crippen molar-refractivity contribution in [1.82, 2.24) is 0 Å². The molecule has 5 atom stereocenters. The lowest BCUT2D eigenvalue weighted by Crippen LogP contribution is -2.30. The molecule has 0 aliphatic heterocycles. The van der Waals surface area contributed by atoms with Gasteiger partial charge in [0, 0.05) is 25.7 Å². The van der Waals surface area contributed by atoms with E-state index in [9.17, 15) is 43.2 Å². The molecule has 0 aromatic heterocycles. The molecular formula is C76H148O17P2. The van der Waals surface area contributed by atoms with E-state index in [-0.39, 0.29) is 25.7 Å². The van der Waals surface area contributed by atoms with Crippen molar-refractivity contribution in [3.63, 3.8) is 0 Å². The first-order valence-corrected chi connectivity index (χ1v) is 42.6. The Morgan fingerprint density at radius 3 is 0.716 bits per heavy atom. The molecular weight excluding hydrogens is 1250 g/mol. The minimum absolute atomic E-state index is 0.107. The fraction of sp³-hybridized carbons (Fsp3) is 0.947. The van der Waals surface area contributed by atoms with Crippen molar-refractivity contribution in [2.75, 3.05) is 39.6 Å². The SMILES string of the molecule is CCCCCCCCCCCCCCCCCCCCCCCC(=O)O[C@H](COC(=O)CCCCCCCCCCCCCCC)COP(=O)(O)OC[C@@H](O)COP(=O)(O)OC[C@@H](COC(=O)CCCCCCCCC(C)C)OC(=O)CCCCCCCCCCCCCC. The van der Waals surface area contributed by atoms with Crippen LogP contribution in [-0.2, 0) is 65.4 Å². The summed E-state index contributed by atoms with van der Waals surface area (Å²) in [7, 11) is -9.91. The van der Waals surface area contributed by atoms with Crippen molar-refractivity contribution >= 4 is 39.5 Å². The second kappa shape index (κ2) is 69.2. The zero-order valence-electron chi connectivity index (χ0n) is 61.8. The van der Waals surface area contributed by atoms with Crippen LogP contribution in [0.1, 0.15) is 401 Å². The molecule has 0 aliphatic carbocycles. The summed E-state index contributed by atoms with van der Waals surface area (Å²) >= 11 is 0. The highest BCUT2D eigenvalue weighted by Gasteiger charge is 2.30. The number of hydrogen-bond acceptors (Lipinski definition) is 15. The van der Waals surface area contributed by atoms with Crippen LogP contribution in [0.5, 0.6) is 0 Å². The second-order valence-corrected chi connectivity index (χ2v) is 30.8. The van der Waals surface area contributed by atoms with Crippen molar-refractivity contribution in [3.8, 4) is 0 Å². The summed E-state index contributed by atoms with van der Waals surface area (Å²) in [6.07, 6.45) is 58.5. The molecule has 0 aromatic carbocycles. The van der Waals surface area contributed by atoms with Gasteiger partial charge < -0.3 is 33.8 Å². The first kappa shape index (κ1) is 93.1. The fourth-order valence-electron chi connectivity index (χ4n) is 11.7. The van der Waals surface area contributed by atoms with E-state index in [0.29, 0.717) is 31.6 Å². The number of esters is 4. The number of aliphatic hydroxyl groups excluding tert-OH is 1. The van der Waals surface area contributed by atoms with Crippen LogP contribution in [0, 0.1) is 5.92 Å². The highest BCUT2D eigenvalue weighted by atomic mass is 31.2. The molecule has 0 heterocycles. The van der Waals surface area contributed by atoms with Crippen LogP contribution in [0.15, 0.2) is 0 Å². The summed E-state index contributed by atoms with van der Waals surface area (Å²) in [4.78, 5) is 72.7. The standard InChI is InChI=1S/C76H148O17P2/c1-6-9-12-15-18-21-24-27-28-29-30-31-32-33-34-36-39-42-45-52-57-62-76(81)92-71(65-86-73(78)59-54-49-43-40-38-35-25-22-19-16-13-10-7-2)67-90-94(82,83)88-63-70(77)64-89-95(84,85)91-68-72(66-87-74(79)60-55-50-47-46-48-53-58-69(4)5)93-75(80)61-56-51-44-41-37-26-23-20-17-14-11-8-3/h69-72,77H,6-68H2,1-5H3,(H,82,83)(H,84,85)/t70-,71-,72-/m1/s1. The van der Waals surface area contributed by atoms with Gasteiger partial charge in [-0.1, -0.05) is 349 Å². The van der Waals surface area contributed by atoms with Crippen LogP contribution >= 0.6 is 15.6 Å². The summed E-state index contributed by atoms with van der Waals surface area (Å²) in [5, 5.41) is 10.6. The fourth-order valence-corrected chi connectivity index (χ4v) is 13.3. The summed E-state index contributed by atoms with van der Waals surface area (Å²) in [5.74, 6) is -1.44. The number of rotatable bonds is 76. The number of unbranched alkanes of at least 4 members (excludes halogenated alkanes) is 48. The molecule has 564 valence electrons. The van der Waals surface area contributed by atoms with E-state index in [0.717, 1.165) is 96.3 Å². The highest BCUT2D eigenvalue weighted by Crippen LogP contribution is 2.45. The van der Waals surface area contributed by atoms with Crippen LogP contribution in [0.25, 0.3) is 0 Å². The highest BCUT2D eigenvalue weighted by molar-refractivity contribution is 7.47. The van der Waals surface area contributed by atoms with E-state index < -0.39 is 97.5 Å². The minimum Gasteiger partial charge on any atom is -0.462 e. The van der Waals surface area contributed by atoms with Crippen molar-refractivity contribution in [1.29, 1.82) is 0 Å². The molecule has 3 N–H and O–H groups in total. The van der Waals surface area contributed by atoms with Gasteiger partial charge in [0.25, 0.3) is 0 Å². The van der Waals surface area contributed by atoms with Gasteiger partial charge in [-0.25, -0.2) is 9.13 Å². The lowest BCUT2D eigenvalue weighted by atomic mass is 10.0. The number of phosphoric ester groups is 2. The molecule has 0 amide bonds. The second-order valence-electron chi connectivity index (χ2n) is 27.9. The van der Waals surface area contributed by atoms with Gasteiger partial charge in [0.05, 0.1) is 26.4 Å². The number of hydrogen-bond donors (Lipinski definition) is 3. The zero-order chi connectivity index (χ0) is 69.8. The normalized spacial score (nSPS) is 13.9. The quantitative estimate of drug-likeness (QED) is 0.0222. The van der Waals surface area contributed by atoms with Gasteiger partial charge in [-0.3, -0.25) is 37.3 Å². The predicted octanol–water partition coefficient (Wildman–Crippen LogP) is 22.5. The smallest absolute Gasteiger partial charge is 0.462 e. The molecule has 0 saturated heterocycles. The Hall–Kier alpha value is -1.94. The third-order valence-corrected chi connectivity index (χ3v) is 19.7. The van der Waals surface area contributed by atoms with Crippen LogP contribution < -0.4 is 0 Å². The van der Waals surface area contributed by atoms with Crippen LogP contribution in [-0.4, -0.2) is 96.7 Å². The Morgan fingerprint density at radius 1 is 0.284 bits per heavy atom. The third kappa shape index (κ3) is 70.3. The largest absolute Gasteiger partial charge is 0.472 e. The van der Waals surface area contributed by atoms with Gasteiger partial charge in [-0.05, 0) is 31.6 Å². The summed E-state index contributed by atoms with van der Waals surface area (Å²) in [6.45, 7) is 7.21. The topological polar surface area (TPSA) is 237 Å². The molecule has 17 nitrogen and oxygen atoms in total. The van der Waals surface area contributed by atoms with Gasteiger partial charge in [-0.2, -0.15) is 0 Å². The van der Waals surface area contributed by atoms with Crippen molar-refractivity contribution < 1.29 is 80.2 Å². The van der Waals surface area contributed by atoms with Crippen LogP contribution in [0.4, 0.5) is 0 Å². The molecule has 0 radical (unpaired) electrons. The number of aliphatic hydroxyl groups is 1. The molecule has 0 saturated carbocycles. The maximum Gasteiger partial charge on any atom is 0.472 e. The van der Waals surface area contributed by atoms with Gasteiger partial charge >= 0.3 is 39.5 Å². The molecule has 0 spiro atoms. The van der Waals surface area contributed by atoms with Gasteiger partial charge in [0.1, 0.15) is 19.3 Å². The molecule has 0 bridgehead atoms. The monoisotopic (exact) mass is 1400 g/mol. The van der Waals surface area contributed by atoms with E-state index in [2.05, 4.69) is 34.6 Å². The van der Waals surface area contributed by atoms with E-state index in [1.54, 1.807) is 0 Å². The van der Waals surface area contributed by atoms with Crippen molar-refractivity contribution in [2.45, 2.75) is 419 Å². The Balaban J connectivity index is 5.18. The Bertz CT molecular complexity index is 1820. The predicted molar refractivity (Wildman–Crippen MR) is 386 cm³/mol. The number of phosphoric acid groups is 2.